The summed E-state index contributed by atoms with van der Waals surface area (Å²) in [5.74, 6) is 1.13. The van der Waals surface area contributed by atoms with Gasteiger partial charge in [-0.25, -0.2) is 4.98 Å². The first-order chi connectivity index (χ1) is 10.6. The van der Waals surface area contributed by atoms with Crippen LogP contribution in [0.2, 0.25) is 0 Å². The first-order valence-electron chi connectivity index (χ1n) is 7.61. The number of nitrogens with zero attached hydrogens (tertiary/aromatic N) is 2. The molecule has 1 aromatic carbocycles. The van der Waals surface area contributed by atoms with Gasteiger partial charge in [0.05, 0.1) is 10.7 Å². The summed E-state index contributed by atoms with van der Waals surface area (Å²) in [5, 5.41) is 19.5. The molecule has 2 rings (SSSR count). The predicted octanol–water partition coefficient (Wildman–Crippen LogP) is 1.98. The Hall–Kier alpha value is -1.24. The first kappa shape index (κ1) is 17.1. The van der Waals surface area contributed by atoms with Crippen LogP contribution in [0.15, 0.2) is 29.3 Å². The van der Waals surface area contributed by atoms with E-state index < -0.39 is 7.12 Å². The molecule has 0 atom stereocenters. The van der Waals surface area contributed by atoms with Gasteiger partial charge in [0.15, 0.2) is 0 Å². The molecule has 0 unspecified atom stereocenters. The maximum atomic E-state index is 9.17. The van der Waals surface area contributed by atoms with Crippen molar-refractivity contribution in [2.45, 2.75) is 44.7 Å². The van der Waals surface area contributed by atoms with E-state index in [2.05, 4.69) is 24.7 Å². The van der Waals surface area contributed by atoms with Crippen LogP contribution in [-0.2, 0) is 13.0 Å². The summed E-state index contributed by atoms with van der Waals surface area (Å²) < 4.78 is 2.28. The van der Waals surface area contributed by atoms with Crippen LogP contribution in [0.3, 0.4) is 0 Å². The second-order valence-corrected chi connectivity index (χ2v) is 6.22. The average Bonchev–Trinajstić information content (AvgIpc) is 2.80. The van der Waals surface area contributed by atoms with Crippen molar-refractivity contribution in [1.82, 2.24) is 9.55 Å². The molecule has 2 aromatic rings. The van der Waals surface area contributed by atoms with Gasteiger partial charge in [0, 0.05) is 13.0 Å². The van der Waals surface area contributed by atoms with E-state index in [1.807, 2.05) is 12.1 Å². The molecule has 2 N–H and O–H groups in total. The monoisotopic (exact) mass is 318 g/mol. The fourth-order valence-electron chi connectivity index (χ4n) is 2.54. The molecule has 0 saturated carbocycles. The molecule has 118 valence electrons. The van der Waals surface area contributed by atoms with Gasteiger partial charge in [-0.2, -0.15) is 0 Å². The lowest BCUT2D eigenvalue weighted by Gasteiger charge is -2.12. The fourth-order valence-corrected chi connectivity index (χ4v) is 3.27. The number of hydrogen-bond donors (Lipinski definition) is 2. The topological polar surface area (TPSA) is 58.3 Å². The summed E-state index contributed by atoms with van der Waals surface area (Å²) in [5.41, 5.74) is 2.73. The van der Waals surface area contributed by atoms with Crippen molar-refractivity contribution in [3.63, 3.8) is 0 Å². The van der Waals surface area contributed by atoms with Crippen LogP contribution < -0.4 is 5.46 Å². The molecule has 0 fully saturated rings. The summed E-state index contributed by atoms with van der Waals surface area (Å²) in [7, 11) is -1.41. The van der Waals surface area contributed by atoms with Gasteiger partial charge in [-0.05, 0) is 30.6 Å². The Kier molecular flexibility index (Phi) is 6.11. The Morgan fingerprint density at radius 2 is 1.91 bits per heavy atom. The summed E-state index contributed by atoms with van der Waals surface area (Å²) in [6.07, 6.45) is 5.37. The molecule has 0 aliphatic carbocycles. The van der Waals surface area contributed by atoms with Gasteiger partial charge >= 0.3 is 7.12 Å². The average molecular weight is 318 g/mol. The highest BCUT2D eigenvalue weighted by Gasteiger charge is 2.14. The number of aryl methyl sites for hydroxylation is 2. The third-order valence-corrected chi connectivity index (χ3v) is 4.63. The highest BCUT2D eigenvalue weighted by molar-refractivity contribution is 7.98. The third kappa shape index (κ3) is 3.94. The quantitative estimate of drug-likeness (QED) is 0.605. The lowest BCUT2D eigenvalue weighted by Crippen LogP contribution is -2.29. The third-order valence-electron chi connectivity index (χ3n) is 3.73. The van der Waals surface area contributed by atoms with Crippen LogP contribution in [-0.4, -0.2) is 33.0 Å². The number of imidazole rings is 1. The number of benzene rings is 1. The molecule has 0 radical (unpaired) electrons. The molecular weight excluding hydrogens is 295 g/mol. The van der Waals surface area contributed by atoms with E-state index in [0.717, 1.165) is 42.9 Å². The minimum atomic E-state index is -1.41. The number of aromatic nitrogens is 2. The minimum Gasteiger partial charge on any atom is -0.423 e. The van der Waals surface area contributed by atoms with E-state index in [4.69, 9.17) is 15.0 Å². The van der Waals surface area contributed by atoms with Crippen LogP contribution in [0, 0.1) is 6.92 Å². The molecule has 1 heterocycles. The van der Waals surface area contributed by atoms with Crippen molar-refractivity contribution in [3.05, 3.63) is 41.3 Å². The Morgan fingerprint density at radius 1 is 1.23 bits per heavy atom. The highest BCUT2D eigenvalue weighted by Crippen LogP contribution is 2.24. The van der Waals surface area contributed by atoms with E-state index in [-0.39, 0.29) is 0 Å². The van der Waals surface area contributed by atoms with Gasteiger partial charge in [0.25, 0.3) is 0 Å². The molecule has 1 aromatic heterocycles. The van der Waals surface area contributed by atoms with Crippen molar-refractivity contribution in [2.75, 3.05) is 6.26 Å². The molecule has 22 heavy (non-hydrogen) atoms. The van der Waals surface area contributed by atoms with Crippen LogP contribution in [0.4, 0.5) is 0 Å². The van der Waals surface area contributed by atoms with Gasteiger partial charge in [0.1, 0.15) is 5.82 Å². The van der Waals surface area contributed by atoms with E-state index in [9.17, 15) is 0 Å². The molecule has 0 spiro atoms. The van der Waals surface area contributed by atoms with Gasteiger partial charge < -0.3 is 14.6 Å². The fraction of sp³-hybridized carbons (Fsp3) is 0.438. The zero-order valence-electron chi connectivity index (χ0n) is 13.4. The summed E-state index contributed by atoms with van der Waals surface area (Å²) in [4.78, 5) is 4.72. The van der Waals surface area contributed by atoms with Crippen LogP contribution >= 0.6 is 11.8 Å². The highest BCUT2D eigenvalue weighted by atomic mass is 32.2. The van der Waals surface area contributed by atoms with Crippen LogP contribution in [0.1, 0.15) is 36.8 Å². The van der Waals surface area contributed by atoms with Crippen LogP contribution in [0.5, 0.6) is 0 Å². The molecule has 0 amide bonds. The van der Waals surface area contributed by atoms with E-state index in [0.29, 0.717) is 5.46 Å². The Morgan fingerprint density at radius 3 is 2.45 bits per heavy atom. The number of unbranched alkanes of at least 4 members (excludes halogenated alkanes) is 1. The number of rotatable bonds is 7. The van der Waals surface area contributed by atoms with Gasteiger partial charge in [-0.15, -0.1) is 11.8 Å². The Labute approximate surface area is 136 Å². The summed E-state index contributed by atoms with van der Waals surface area (Å²) >= 11 is 1.72. The molecule has 4 nitrogen and oxygen atoms in total. The predicted molar refractivity (Wildman–Crippen MR) is 92.7 cm³/mol. The first-order valence-corrected chi connectivity index (χ1v) is 8.84. The largest absolute Gasteiger partial charge is 0.488 e. The number of thioether (sulfide) groups is 1. The maximum Gasteiger partial charge on any atom is 0.488 e. The minimum absolute atomic E-state index is 0.516. The van der Waals surface area contributed by atoms with E-state index in [1.54, 1.807) is 23.9 Å². The number of hydrogen-bond acceptors (Lipinski definition) is 4. The van der Waals surface area contributed by atoms with Crippen LogP contribution in [0.25, 0.3) is 0 Å². The molecule has 0 bridgehead atoms. The SMILES string of the molecule is CCCCc1nc(C)c(SC)n1Cc1ccc(B(O)O)cc1. The Balaban J connectivity index is 2.26. The van der Waals surface area contributed by atoms with Gasteiger partial charge in [-0.3, -0.25) is 0 Å². The molecular formula is C16H23BN2O2S. The second kappa shape index (κ2) is 7.86. The standard InChI is InChI=1S/C16H23BN2O2S/c1-4-5-6-15-18-12(2)16(22-3)19(15)11-13-7-9-14(10-8-13)17(20)21/h7-10,20-21H,4-6,11H2,1-3H3. The van der Waals surface area contributed by atoms with Gasteiger partial charge in [-0.1, -0.05) is 37.6 Å². The van der Waals surface area contributed by atoms with Crippen molar-refractivity contribution in [3.8, 4) is 0 Å². The van der Waals surface area contributed by atoms with Crippen molar-refractivity contribution in [1.29, 1.82) is 0 Å². The summed E-state index contributed by atoms with van der Waals surface area (Å²) in [6, 6.07) is 7.40. The van der Waals surface area contributed by atoms with Crippen molar-refractivity contribution in [2.24, 2.45) is 0 Å². The lowest BCUT2D eigenvalue weighted by molar-refractivity contribution is 0.426. The molecule has 0 aliphatic rings. The maximum absolute atomic E-state index is 9.17. The zero-order valence-corrected chi connectivity index (χ0v) is 14.2. The van der Waals surface area contributed by atoms with Gasteiger partial charge in [0.2, 0.25) is 0 Å². The van der Waals surface area contributed by atoms with Crippen molar-refractivity contribution < 1.29 is 10.0 Å². The van der Waals surface area contributed by atoms with Crippen molar-refractivity contribution >= 4 is 24.3 Å². The molecule has 6 heteroatoms. The van der Waals surface area contributed by atoms with E-state index in [1.165, 1.54) is 5.03 Å². The Bertz CT molecular complexity index is 611. The lowest BCUT2D eigenvalue weighted by atomic mass is 9.80. The van der Waals surface area contributed by atoms with E-state index >= 15 is 0 Å². The second-order valence-electron chi connectivity index (χ2n) is 5.43. The smallest absolute Gasteiger partial charge is 0.423 e. The zero-order chi connectivity index (χ0) is 16.1. The molecule has 0 aliphatic heterocycles. The normalized spacial score (nSPS) is 11.0. The summed E-state index contributed by atoms with van der Waals surface area (Å²) in [6.45, 7) is 5.01. The molecule has 0 saturated heterocycles.